The number of alkyl halides is 3. The van der Waals surface area contributed by atoms with Crippen molar-refractivity contribution in [3.63, 3.8) is 0 Å². The normalized spacial score (nSPS) is 17.7. The van der Waals surface area contributed by atoms with Crippen LogP contribution in [0.1, 0.15) is 22.6 Å². The summed E-state index contributed by atoms with van der Waals surface area (Å²) in [6.07, 6.45) is 1.16. The molecule has 2 atom stereocenters. The predicted molar refractivity (Wildman–Crippen MR) is 141 cm³/mol. The summed E-state index contributed by atoms with van der Waals surface area (Å²) in [4.78, 5) is 22.6. The van der Waals surface area contributed by atoms with Crippen molar-refractivity contribution in [3.8, 4) is 17.6 Å². The van der Waals surface area contributed by atoms with Gasteiger partial charge in [0.05, 0.1) is 25.4 Å². The number of piperidine rings is 1. The topological polar surface area (TPSA) is 95.8 Å². The van der Waals surface area contributed by atoms with Gasteiger partial charge in [0, 0.05) is 26.3 Å². The molecule has 0 aromatic carbocycles. The van der Waals surface area contributed by atoms with Crippen LogP contribution in [0.3, 0.4) is 0 Å². The van der Waals surface area contributed by atoms with Crippen LogP contribution in [-0.2, 0) is 0 Å². The summed E-state index contributed by atoms with van der Waals surface area (Å²) in [5.41, 5.74) is 1.30. The minimum atomic E-state index is -2.68. The number of aromatic nitrogens is 3. The van der Waals surface area contributed by atoms with E-state index >= 15 is 0 Å². The van der Waals surface area contributed by atoms with Crippen molar-refractivity contribution >= 4 is 34.8 Å². The monoisotopic (exact) mass is 547 g/mol. The fraction of sp³-hybridized carbons (Fsp3) is 0.400. The number of fused-ring (bicyclic) bond motifs is 1. The molecule has 3 N–H and O–H groups in total. The van der Waals surface area contributed by atoms with E-state index in [0.29, 0.717) is 47.6 Å². The van der Waals surface area contributed by atoms with Crippen molar-refractivity contribution in [2.24, 2.45) is 0 Å². The quantitative estimate of drug-likeness (QED) is 0.292. The van der Waals surface area contributed by atoms with E-state index in [4.69, 9.17) is 4.74 Å². The third kappa shape index (κ3) is 6.25. The number of nitrogens with one attached hydrogen (secondary N) is 3. The molecule has 0 unspecified atom stereocenters. The van der Waals surface area contributed by atoms with Gasteiger partial charge in [0.2, 0.25) is 0 Å². The molecule has 0 bridgehead atoms. The first-order chi connectivity index (χ1) is 18.3. The average Bonchev–Trinajstić information content (AvgIpc) is 3.25. The van der Waals surface area contributed by atoms with E-state index in [2.05, 4.69) is 37.8 Å². The Kier molecular flexibility index (Phi) is 8.85. The van der Waals surface area contributed by atoms with E-state index in [9.17, 15) is 18.0 Å². The SMILES string of the molecule is CNC(=O)c1ccc(OC)c(NCC#Cc2nc3c(N[C@@H]4CCN(C)C[C@@H]4F)cccn3c2SC(F)F)n1. The van der Waals surface area contributed by atoms with Crippen LogP contribution in [-0.4, -0.2) is 84.0 Å². The lowest BCUT2D eigenvalue weighted by Gasteiger charge is -2.33. The fourth-order valence-corrected chi connectivity index (χ4v) is 4.74. The summed E-state index contributed by atoms with van der Waals surface area (Å²) in [5.74, 6) is 3.41. The number of imidazole rings is 1. The summed E-state index contributed by atoms with van der Waals surface area (Å²) in [5, 5.41) is 8.88. The van der Waals surface area contributed by atoms with Crippen LogP contribution in [0, 0.1) is 11.8 Å². The molecular formula is C25H28F3N7O2S. The van der Waals surface area contributed by atoms with Gasteiger partial charge in [-0.1, -0.05) is 5.92 Å². The number of likely N-dealkylation sites (tertiary alicyclic amines) is 1. The molecule has 1 amide bonds. The first-order valence-electron chi connectivity index (χ1n) is 11.9. The van der Waals surface area contributed by atoms with Gasteiger partial charge in [-0.25, -0.2) is 14.4 Å². The standard InChI is InChI=1S/C25H28F3N7O2S/c1-29-23(36)18-8-9-20(37-3)21(32-18)30-11-4-6-19-24(38-25(27)28)35-12-5-7-17(22(35)33-19)31-16-10-13-34(2)14-15(16)26/h5,7-9,12,15-16,25,31H,10-11,13-14H2,1-3H3,(H,29,36)(H,30,32)/t15-,16+/m0/s1. The van der Waals surface area contributed by atoms with Gasteiger partial charge >= 0.3 is 0 Å². The van der Waals surface area contributed by atoms with Gasteiger partial charge in [-0.05, 0) is 55.4 Å². The Morgan fingerprint density at radius 2 is 2.13 bits per heavy atom. The molecule has 3 aromatic heterocycles. The molecule has 4 rings (SSSR count). The molecule has 1 aliphatic heterocycles. The van der Waals surface area contributed by atoms with Crippen LogP contribution in [0.15, 0.2) is 35.5 Å². The van der Waals surface area contributed by atoms with E-state index in [0.717, 1.165) is 6.54 Å². The van der Waals surface area contributed by atoms with Crippen LogP contribution < -0.4 is 20.7 Å². The highest BCUT2D eigenvalue weighted by molar-refractivity contribution is 7.99. The number of methoxy groups -OCH3 is 1. The number of carbonyl (C=O) groups excluding carboxylic acids is 1. The van der Waals surface area contributed by atoms with Crippen molar-refractivity contribution in [2.45, 2.75) is 29.4 Å². The molecule has 0 aliphatic carbocycles. The summed E-state index contributed by atoms with van der Waals surface area (Å²) in [7, 11) is 4.85. The summed E-state index contributed by atoms with van der Waals surface area (Å²) in [6.45, 7) is 1.14. The van der Waals surface area contributed by atoms with Gasteiger partial charge in [-0.3, -0.25) is 9.20 Å². The molecule has 13 heteroatoms. The lowest BCUT2D eigenvalue weighted by Crippen LogP contribution is -2.46. The maximum atomic E-state index is 14.6. The largest absolute Gasteiger partial charge is 0.493 e. The van der Waals surface area contributed by atoms with Crippen LogP contribution in [0.2, 0.25) is 0 Å². The molecule has 9 nitrogen and oxygen atoms in total. The molecule has 4 heterocycles. The smallest absolute Gasteiger partial charge is 0.290 e. The van der Waals surface area contributed by atoms with Crippen molar-refractivity contribution in [1.29, 1.82) is 0 Å². The number of halogens is 3. The van der Waals surface area contributed by atoms with Crippen LogP contribution >= 0.6 is 11.8 Å². The zero-order valence-corrected chi connectivity index (χ0v) is 21.9. The number of carbonyl (C=O) groups is 1. The number of nitrogens with zero attached hydrogens (tertiary/aromatic N) is 4. The highest BCUT2D eigenvalue weighted by Gasteiger charge is 2.28. The number of rotatable bonds is 8. The van der Waals surface area contributed by atoms with E-state index in [1.54, 1.807) is 24.4 Å². The van der Waals surface area contributed by atoms with Gasteiger partial charge in [0.15, 0.2) is 17.2 Å². The van der Waals surface area contributed by atoms with E-state index in [1.165, 1.54) is 24.6 Å². The Morgan fingerprint density at radius 1 is 1.32 bits per heavy atom. The third-order valence-corrected chi connectivity index (χ3v) is 6.77. The number of ether oxygens (including phenoxy) is 1. The second-order valence-electron chi connectivity index (χ2n) is 8.56. The molecule has 0 spiro atoms. The Morgan fingerprint density at radius 3 is 2.84 bits per heavy atom. The molecule has 1 saturated heterocycles. The molecule has 202 valence electrons. The van der Waals surface area contributed by atoms with Crippen molar-refractivity contribution in [3.05, 3.63) is 41.9 Å². The van der Waals surface area contributed by atoms with Crippen LogP contribution in [0.5, 0.6) is 5.75 Å². The summed E-state index contributed by atoms with van der Waals surface area (Å²) < 4.78 is 48.3. The Labute approximate surface area is 222 Å². The van der Waals surface area contributed by atoms with Crippen molar-refractivity contribution < 1.29 is 22.7 Å². The Hall–Kier alpha value is -3.63. The molecule has 1 aliphatic rings. The van der Waals surface area contributed by atoms with Crippen molar-refractivity contribution in [2.75, 3.05) is 51.5 Å². The van der Waals surface area contributed by atoms with Gasteiger partial charge in [-0.2, -0.15) is 8.78 Å². The lowest BCUT2D eigenvalue weighted by atomic mass is 10.0. The van der Waals surface area contributed by atoms with Gasteiger partial charge < -0.3 is 25.6 Å². The van der Waals surface area contributed by atoms with Crippen LogP contribution in [0.25, 0.3) is 5.65 Å². The minimum absolute atomic E-state index is 0.0808. The van der Waals surface area contributed by atoms with E-state index < -0.39 is 18.0 Å². The zero-order chi connectivity index (χ0) is 27.2. The average molecular weight is 548 g/mol. The molecule has 3 aromatic rings. The number of anilines is 2. The van der Waals surface area contributed by atoms with Gasteiger partial charge in [0.25, 0.3) is 11.7 Å². The predicted octanol–water partition coefficient (Wildman–Crippen LogP) is 3.33. The number of amides is 1. The number of hydrogen-bond acceptors (Lipinski definition) is 8. The first-order valence-corrected chi connectivity index (χ1v) is 12.7. The number of thioether (sulfide) groups is 1. The molecule has 1 fully saturated rings. The van der Waals surface area contributed by atoms with Gasteiger partial charge in [-0.15, -0.1) is 0 Å². The Balaban J connectivity index is 1.59. The number of hydrogen-bond donors (Lipinski definition) is 3. The highest BCUT2D eigenvalue weighted by Crippen LogP contribution is 2.32. The maximum absolute atomic E-state index is 14.6. The van der Waals surface area contributed by atoms with E-state index in [1.807, 2.05) is 11.9 Å². The zero-order valence-electron chi connectivity index (χ0n) is 21.1. The molecule has 38 heavy (non-hydrogen) atoms. The highest BCUT2D eigenvalue weighted by atomic mass is 32.2. The van der Waals surface area contributed by atoms with Crippen molar-refractivity contribution in [1.82, 2.24) is 24.6 Å². The maximum Gasteiger partial charge on any atom is 0.290 e. The Bertz CT molecular complexity index is 1360. The number of pyridine rings is 2. The van der Waals surface area contributed by atoms with E-state index in [-0.39, 0.29) is 28.9 Å². The van der Waals surface area contributed by atoms with Crippen LogP contribution in [0.4, 0.5) is 24.7 Å². The molecule has 0 saturated carbocycles. The fourth-order valence-electron chi connectivity index (χ4n) is 4.10. The van der Waals surface area contributed by atoms with Gasteiger partial charge in [0.1, 0.15) is 22.6 Å². The second kappa shape index (κ2) is 12.3. The summed E-state index contributed by atoms with van der Waals surface area (Å²) >= 11 is 0.344. The molecular weight excluding hydrogens is 519 g/mol. The lowest BCUT2D eigenvalue weighted by molar-refractivity contribution is 0.0958. The minimum Gasteiger partial charge on any atom is -0.493 e. The first kappa shape index (κ1) is 27.4. The molecule has 0 radical (unpaired) electrons. The second-order valence-corrected chi connectivity index (χ2v) is 9.54. The summed E-state index contributed by atoms with van der Waals surface area (Å²) in [6, 6.07) is 6.17. The third-order valence-electron chi connectivity index (χ3n) is 5.98.